The number of fused-ring (bicyclic) bond motifs is 1. The van der Waals surface area contributed by atoms with Gasteiger partial charge in [0.25, 0.3) is 5.91 Å². The van der Waals surface area contributed by atoms with Gasteiger partial charge in [-0.25, -0.2) is 0 Å². The minimum Gasteiger partial charge on any atom is -0.376 e. The van der Waals surface area contributed by atoms with Crippen LogP contribution in [0.3, 0.4) is 0 Å². The van der Waals surface area contributed by atoms with E-state index in [0.29, 0.717) is 19.8 Å². The summed E-state index contributed by atoms with van der Waals surface area (Å²) in [6, 6.07) is 6.18. The molecule has 120 valence electrons. The Balaban J connectivity index is 1.66. The molecule has 5 nitrogen and oxygen atoms in total. The number of hydrogen-bond acceptors (Lipinski definition) is 4. The molecule has 1 aromatic rings. The van der Waals surface area contributed by atoms with E-state index >= 15 is 0 Å². The zero-order valence-corrected chi connectivity index (χ0v) is 13.1. The van der Waals surface area contributed by atoms with Crippen molar-refractivity contribution in [2.24, 2.45) is 0 Å². The van der Waals surface area contributed by atoms with E-state index in [1.165, 1.54) is 24.1 Å². The summed E-state index contributed by atoms with van der Waals surface area (Å²) in [4.78, 5) is 14.6. The van der Waals surface area contributed by atoms with Gasteiger partial charge in [-0.3, -0.25) is 4.79 Å². The predicted molar refractivity (Wildman–Crippen MR) is 86.5 cm³/mol. The quantitative estimate of drug-likeness (QED) is 0.906. The lowest BCUT2D eigenvalue weighted by Crippen LogP contribution is -2.39. The van der Waals surface area contributed by atoms with Gasteiger partial charge in [0.05, 0.1) is 19.8 Å². The van der Waals surface area contributed by atoms with Gasteiger partial charge in [-0.15, -0.1) is 0 Å². The van der Waals surface area contributed by atoms with E-state index < -0.39 is 6.10 Å². The second-order valence-corrected chi connectivity index (χ2v) is 5.86. The molecule has 0 aromatic heterocycles. The van der Waals surface area contributed by atoms with E-state index in [1.807, 2.05) is 6.07 Å². The van der Waals surface area contributed by atoms with Gasteiger partial charge in [0.15, 0.2) is 6.10 Å². The van der Waals surface area contributed by atoms with E-state index in [4.69, 9.17) is 9.47 Å². The van der Waals surface area contributed by atoms with Crippen molar-refractivity contribution >= 4 is 17.3 Å². The van der Waals surface area contributed by atoms with Crippen molar-refractivity contribution in [1.29, 1.82) is 0 Å². The van der Waals surface area contributed by atoms with Gasteiger partial charge in [0, 0.05) is 24.5 Å². The highest BCUT2D eigenvalue weighted by Gasteiger charge is 2.24. The van der Waals surface area contributed by atoms with Crippen LogP contribution in [0.5, 0.6) is 0 Å². The number of rotatable bonds is 5. The number of benzene rings is 1. The molecule has 0 saturated carbocycles. The molecule has 0 unspecified atom stereocenters. The second-order valence-electron chi connectivity index (χ2n) is 5.86. The van der Waals surface area contributed by atoms with Gasteiger partial charge < -0.3 is 19.7 Å². The number of carbonyl (C=O) groups excluding carboxylic acids is 1. The first-order valence-electron chi connectivity index (χ1n) is 8.16. The molecule has 1 N–H and O–H groups in total. The standard InChI is InChI=1S/C17H24N2O3/c1-2-3-7-19-8-6-13-4-5-14(11-15(13)19)18-17(20)16-12-21-9-10-22-16/h4-5,11,16H,2-3,6-10,12H2,1H3,(H,18,20)/t16-/m1/s1. The summed E-state index contributed by atoms with van der Waals surface area (Å²) < 4.78 is 10.7. The number of nitrogens with one attached hydrogen (secondary N) is 1. The average Bonchev–Trinajstić information content (AvgIpc) is 2.96. The van der Waals surface area contributed by atoms with Crippen molar-refractivity contribution in [1.82, 2.24) is 0 Å². The van der Waals surface area contributed by atoms with Gasteiger partial charge in [-0.1, -0.05) is 19.4 Å². The van der Waals surface area contributed by atoms with Crippen molar-refractivity contribution < 1.29 is 14.3 Å². The molecule has 0 bridgehead atoms. The van der Waals surface area contributed by atoms with Gasteiger partial charge in [-0.2, -0.15) is 0 Å². The average molecular weight is 304 g/mol. The molecule has 1 fully saturated rings. The van der Waals surface area contributed by atoms with Crippen LogP contribution in [0.25, 0.3) is 0 Å². The molecule has 2 aliphatic heterocycles. The smallest absolute Gasteiger partial charge is 0.255 e. The lowest BCUT2D eigenvalue weighted by molar-refractivity contribution is -0.142. The molecule has 5 heteroatoms. The summed E-state index contributed by atoms with van der Waals surface area (Å²) in [5.74, 6) is -0.127. The Hall–Kier alpha value is -1.59. The first kappa shape index (κ1) is 15.3. The normalized spacial score (nSPS) is 20.8. The third kappa shape index (κ3) is 3.42. The van der Waals surface area contributed by atoms with Gasteiger partial charge in [0.2, 0.25) is 0 Å². The fraction of sp³-hybridized carbons (Fsp3) is 0.588. The Labute approximate surface area is 131 Å². The maximum atomic E-state index is 12.2. The van der Waals surface area contributed by atoms with Crippen LogP contribution in [-0.4, -0.2) is 44.9 Å². The third-order valence-corrected chi connectivity index (χ3v) is 4.23. The lowest BCUT2D eigenvalue weighted by atomic mass is 10.1. The molecule has 1 atom stereocenters. The minimum absolute atomic E-state index is 0.127. The first-order valence-corrected chi connectivity index (χ1v) is 8.16. The van der Waals surface area contributed by atoms with E-state index in [-0.39, 0.29) is 5.91 Å². The van der Waals surface area contributed by atoms with Crippen LogP contribution in [-0.2, 0) is 20.7 Å². The van der Waals surface area contributed by atoms with Crippen LogP contribution < -0.4 is 10.2 Å². The van der Waals surface area contributed by atoms with Crippen molar-refractivity contribution in [3.63, 3.8) is 0 Å². The maximum Gasteiger partial charge on any atom is 0.255 e. The monoisotopic (exact) mass is 304 g/mol. The zero-order valence-electron chi connectivity index (χ0n) is 13.1. The Morgan fingerprint density at radius 2 is 2.32 bits per heavy atom. The molecule has 2 heterocycles. The third-order valence-electron chi connectivity index (χ3n) is 4.23. The number of amides is 1. The van der Waals surface area contributed by atoms with Crippen LogP contribution in [0.2, 0.25) is 0 Å². The minimum atomic E-state index is -0.502. The van der Waals surface area contributed by atoms with Gasteiger partial charge >= 0.3 is 0 Å². The fourth-order valence-electron chi connectivity index (χ4n) is 2.97. The second kappa shape index (κ2) is 7.11. The highest BCUT2D eigenvalue weighted by Crippen LogP contribution is 2.31. The van der Waals surface area contributed by atoms with Crippen LogP contribution in [0.4, 0.5) is 11.4 Å². The van der Waals surface area contributed by atoms with Gasteiger partial charge in [0.1, 0.15) is 0 Å². The van der Waals surface area contributed by atoms with E-state index in [0.717, 1.165) is 25.2 Å². The number of anilines is 2. The Kier molecular flexibility index (Phi) is 4.95. The fourth-order valence-corrected chi connectivity index (χ4v) is 2.97. The molecular formula is C17H24N2O3. The summed E-state index contributed by atoms with van der Waals surface area (Å²) in [6.07, 6.45) is 2.98. The largest absolute Gasteiger partial charge is 0.376 e. The number of hydrogen-bond donors (Lipinski definition) is 1. The summed E-state index contributed by atoms with van der Waals surface area (Å²) in [5.41, 5.74) is 3.46. The van der Waals surface area contributed by atoms with Crippen LogP contribution in [0, 0.1) is 0 Å². The zero-order chi connectivity index (χ0) is 15.4. The molecule has 22 heavy (non-hydrogen) atoms. The predicted octanol–water partition coefficient (Wildman–Crippen LogP) is 2.20. The first-order chi connectivity index (χ1) is 10.8. The van der Waals surface area contributed by atoms with Gasteiger partial charge in [-0.05, 0) is 30.5 Å². The maximum absolute atomic E-state index is 12.2. The number of carbonyl (C=O) groups is 1. The number of nitrogens with zero attached hydrogens (tertiary/aromatic N) is 1. The Morgan fingerprint density at radius 3 is 3.09 bits per heavy atom. The van der Waals surface area contributed by atoms with Crippen molar-refractivity contribution in [3.8, 4) is 0 Å². The van der Waals surface area contributed by atoms with Crippen molar-refractivity contribution in [2.75, 3.05) is 43.1 Å². The summed E-state index contributed by atoms with van der Waals surface area (Å²) >= 11 is 0. The molecule has 3 rings (SSSR count). The van der Waals surface area contributed by atoms with Crippen LogP contribution in [0.15, 0.2) is 18.2 Å². The molecule has 0 spiro atoms. The van der Waals surface area contributed by atoms with Crippen molar-refractivity contribution in [2.45, 2.75) is 32.3 Å². The Bertz CT molecular complexity index is 527. The molecule has 1 amide bonds. The highest BCUT2D eigenvalue weighted by atomic mass is 16.6. The van der Waals surface area contributed by atoms with E-state index in [2.05, 4.69) is 29.3 Å². The highest BCUT2D eigenvalue weighted by molar-refractivity contribution is 5.95. The molecule has 0 radical (unpaired) electrons. The van der Waals surface area contributed by atoms with E-state index in [1.54, 1.807) is 0 Å². The SMILES string of the molecule is CCCCN1CCc2ccc(NC(=O)[C@H]3COCCO3)cc21. The summed E-state index contributed by atoms with van der Waals surface area (Å²) in [7, 11) is 0. The topological polar surface area (TPSA) is 50.8 Å². The lowest BCUT2D eigenvalue weighted by Gasteiger charge is -2.23. The number of ether oxygens (including phenoxy) is 2. The Morgan fingerprint density at radius 1 is 1.41 bits per heavy atom. The van der Waals surface area contributed by atoms with Crippen LogP contribution >= 0.6 is 0 Å². The summed E-state index contributed by atoms with van der Waals surface area (Å²) in [6.45, 7) is 5.74. The molecular weight excluding hydrogens is 280 g/mol. The number of unbranched alkanes of at least 4 members (excludes halogenated alkanes) is 1. The molecule has 1 aromatic carbocycles. The van der Waals surface area contributed by atoms with E-state index in [9.17, 15) is 4.79 Å². The van der Waals surface area contributed by atoms with Crippen molar-refractivity contribution in [3.05, 3.63) is 23.8 Å². The molecule has 0 aliphatic carbocycles. The molecule has 1 saturated heterocycles. The molecule has 2 aliphatic rings. The van der Waals surface area contributed by atoms with Crippen LogP contribution in [0.1, 0.15) is 25.3 Å². The summed E-state index contributed by atoms with van der Waals surface area (Å²) in [5, 5.41) is 2.95.